The van der Waals surface area contributed by atoms with Crippen molar-refractivity contribution < 1.29 is 19.8 Å². The normalized spacial score (nSPS) is 11.9. The second-order valence-electron chi connectivity index (χ2n) is 3.70. The largest absolute Gasteiger partial charge is 0.479 e. The van der Waals surface area contributed by atoms with E-state index in [1.807, 2.05) is 0 Å². The van der Waals surface area contributed by atoms with E-state index in [1.165, 1.54) is 0 Å². The molecule has 8 nitrogen and oxygen atoms in total. The maximum absolute atomic E-state index is 11.3. The first-order valence-electron chi connectivity index (χ1n) is 5.40. The number of nitrogens with zero attached hydrogens (tertiary/aromatic N) is 2. The lowest BCUT2D eigenvalue weighted by Gasteiger charge is -2.09. The summed E-state index contributed by atoms with van der Waals surface area (Å²) in [6.45, 7) is 0.411. The number of hydrogen-bond donors (Lipinski definition) is 4. The van der Waals surface area contributed by atoms with Crippen molar-refractivity contribution in [2.75, 3.05) is 6.54 Å². The van der Waals surface area contributed by atoms with Crippen molar-refractivity contribution in [1.29, 1.82) is 0 Å². The SMILES string of the molecule is Cn1nccc1CNC(=O)NCCC(O)C(=O)O. The number of aliphatic hydroxyl groups excluding tert-OH is 1. The molecule has 1 unspecified atom stereocenters. The number of nitrogens with one attached hydrogen (secondary N) is 2. The van der Waals surface area contributed by atoms with Crippen molar-refractivity contribution in [2.45, 2.75) is 19.1 Å². The predicted molar refractivity (Wildman–Crippen MR) is 61.7 cm³/mol. The number of carbonyl (C=O) groups is 2. The molecule has 18 heavy (non-hydrogen) atoms. The number of amides is 2. The fourth-order valence-electron chi connectivity index (χ4n) is 1.25. The standard InChI is InChI=1S/C10H16N4O4/c1-14-7(2-5-13-14)6-12-10(18)11-4-3-8(15)9(16)17/h2,5,8,15H,3-4,6H2,1H3,(H,16,17)(H2,11,12,18). The average molecular weight is 256 g/mol. The summed E-state index contributed by atoms with van der Waals surface area (Å²) < 4.78 is 1.63. The minimum Gasteiger partial charge on any atom is -0.479 e. The zero-order chi connectivity index (χ0) is 13.5. The van der Waals surface area contributed by atoms with Gasteiger partial charge in [0.2, 0.25) is 0 Å². The molecule has 0 bridgehead atoms. The molecule has 1 atom stereocenters. The van der Waals surface area contributed by atoms with Gasteiger partial charge >= 0.3 is 12.0 Å². The second-order valence-corrected chi connectivity index (χ2v) is 3.70. The van der Waals surface area contributed by atoms with Crippen LogP contribution in [0.25, 0.3) is 0 Å². The Balaban J connectivity index is 2.19. The van der Waals surface area contributed by atoms with E-state index in [4.69, 9.17) is 10.2 Å². The van der Waals surface area contributed by atoms with Crippen molar-refractivity contribution >= 4 is 12.0 Å². The number of carboxylic acids is 1. The second kappa shape index (κ2) is 6.60. The first kappa shape index (κ1) is 14.0. The fourth-order valence-corrected chi connectivity index (χ4v) is 1.25. The van der Waals surface area contributed by atoms with E-state index in [2.05, 4.69) is 15.7 Å². The van der Waals surface area contributed by atoms with Crippen LogP contribution in [0.1, 0.15) is 12.1 Å². The zero-order valence-electron chi connectivity index (χ0n) is 9.96. The van der Waals surface area contributed by atoms with Gasteiger partial charge in [0.1, 0.15) is 0 Å². The summed E-state index contributed by atoms with van der Waals surface area (Å²) >= 11 is 0. The van der Waals surface area contributed by atoms with Crippen LogP contribution < -0.4 is 10.6 Å². The monoisotopic (exact) mass is 256 g/mol. The summed E-state index contributed by atoms with van der Waals surface area (Å²) in [5.41, 5.74) is 0.843. The Morgan fingerprint density at radius 2 is 2.22 bits per heavy atom. The number of aryl methyl sites for hydroxylation is 1. The van der Waals surface area contributed by atoms with E-state index in [-0.39, 0.29) is 13.0 Å². The maximum Gasteiger partial charge on any atom is 0.332 e. The number of aliphatic carboxylic acids is 1. The van der Waals surface area contributed by atoms with Gasteiger partial charge in [0.15, 0.2) is 6.10 Å². The van der Waals surface area contributed by atoms with Gasteiger partial charge in [-0.2, -0.15) is 5.10 Å². The molecule has 0 fully saturated rings. The van der Waals surface area contributed by atoms with Gasteiger partial charge in [0.05, 0.1) is 12.2 Å². The van der Waals surface area contributed by atoms with Crippen LogP contribution in [0.3, 0.4) is 0 Å². The molecule has 0 spiro atoms. The van der Waals surface area contributed by atoms with Gasteiger partial charge in [-0.15, -0.1) is 0 Å². The van der Waals surface area contributed by atoms with E-state index < -0.39 is 18.1 Å². The zero-order valence-corrected chi connectivity index (χ0v) is 9.96. The number of urea groups is 1. The Hall–Kier alpha value is -2.09. The molecule has 8 heteroatoms. The molecular formula is C10H16N4O4. The summed E-state index contributed by atoms with van der Waals surface area (Å²) in [4.78, 5) is 21.6. The third-order valence-corrected chi connectivity index (χ3v) is 2.34. The Labute approximate surface area is 104 Å². The van der Waals surface area contributed by atoms with E-state index in [0.717, 1.165) is 5.69 Å². The molecule has 100 valence electrons. The Kier molecular flexibility index (Phi) is 5.12. The molecule has 0 saturated carbocycles. The highest BCUT2D eigenvalue weighted by molar-refractivity contribution is 5.74. The number of rotatable bonds is 6. The van der Waals surface area contributed by atoms with Gasteiger partial charge in [-0.25, -0.2) is 9.59 Å². The Morgan fingerprint density at radius 3 is 2.78 bits per heavy atom. The molecule has 0 aromatic carbocycles. The van der Waals surface area contributed by atoms with Gasteiger partial charge in [0.25, 0.3) is 0 Å². The Morgan fingerprint density at radius 1 is 1.50 bits per heavy atom. The molecule has 0 aliphatic carbocycles. The number of aliphatic hydroxyl groups is 1. The van der Waals surface area contributed by atoms with Crippen molar-refractivity contribution in [3.63, 3.8) is 0 Å². The van der Waals surface area contributed by atoms with Gasteiger partial charge in [0, 0.05) is 26.2 Å². The minimum absolute atomic E-state index is 0.0333. The van der Waals surface area contributed by atoms with Crippen molar-refractivity contribution in [2.24, 2.45) is 7.05 Å². The summed E-state index contributed by atoms with van der Waals surface area (Å²) in [6.07, 6.45) is 0.134. The first-order chi connectivity index (χ1) is 8.50. The smallest absolute Gasteiger partial charge is 0.332 e. The van der Waals surface area contributed by atoms with Crippen LogP contribution in [0.5, 0.6) is 0 Å². The van der Waals surface area contributed by atoms with Gasteiger partial charge in [-0.1, -0.05) is 0 Å². The molecule has 4 N–H and O–H groups in total. The molecule has 1 aromatic rings. The highest BCUT2D eigenvalue weighted by Gasteiger charge is 2.12. The molecule has 0 saturated heterocycles. The summed E-state index contributed by atoms with van der Waals surface area (Å²) in [7, 11) is 1.76. The van der Waals surface area contributed by atoms with Crippen LogP contribution in [-0.4, -0.2) is 44.6 Å². The lowest BCUT2D eigenvalue weighted by molar-refractivity contribution is -0.146. The third kappa shape index (κ3) is 4.42. The third-order valence-electron chi connectivity index (χ3n) is 2.34. The minimum atomic E-state index is -1.46. The predicted octanol–water partition coefficient (Wildman–Crippen LogP) is -0.945. The van der Waals surface area contributed by atoms with Crippen molar-refractivity contribution in [3.05, 3.63) is 18.0 Å². The molecule has 1 aromatic heterocycles. The number of aromatic nitrogens is 2. The van der Waals surface area contributed by atoms with Crippen LogP contribution in [0, 0.1) is 0 Å². The van der Waals surface area contributed by atoms with Crippen LogP contribution in [-0.2, 0) is 18.4 Å². The van der Waals surface area contributed by atoms with Crippen LogP contribution >= 0.6 is 0 Å². The molecule has 0 aliphatic rings. The lowest BCUT2D eigenvalue weighted by atomic mass is 10.2. The summed E-state index contributed by atoms with van der Waals surface area (Å²) in [6, 6.07) is 1.35. The molecule has 2 amide bonds. The van der Waals surface area contributed by atoms with Crippen LogP contribution in [0.15, 0.2) is 12.3 Å². The van der Waals surface area contributed by atoms with E-state index >= 15 is 0 Å². The number of carboxylic acid groups (broad SMARTS) is 1. The number of carbonyl (C=O) groups excluding carboxylic acids is 1. The van der Waals surface area contributed by atoms with Crippen LogP contribution in [0.2, 0.25) is 0 Å². The highest BCUT2D eigenvalue weighted by Crippen LogP contribution is 1.94. The number of hydrogen-bond acceptors (Lipinski definition) is 4. The molecular weight excluding hydrogens is 240 g/mol. The van der Waals surface area contributed by atoms with Crippen LogP contribution in [0.4, 0.5) is 4.79 Å². The maximum atomic E-state index is 11.3. The molecule has 1 heterocycles. The van der Waals surface area contributed by atoms with E-state index in [0.29, 0.717) is 6.54 Å². The summed E-state index contributed by atoms with van der Waals surface area (Å²) in [5, 5.41) is 26.4. The Bertz CT molecular complexity index is 418. The molecule has 0 radical (unpaired) electrons. The lowest BCUT2D eigenvalue weighted by Crippen LogP contribution is -2.37. The van der Waals surface area contributed by atoms with Gasteiger partial charge in [-0.3, -0.25) is 4.68 Å². The average Bonchev–Trinajstić information content (AvgIpc) is 2.72. The topological polar surface area (TPSA) is 116 Å². The van der Waals surface area contributed by atoms with E-state index in [1.54, 1.807) is 24.0 Å². The quantitative estimate of drug-likeness (QED) is 0.524. The first-order valence-corrected chi connectivity index (χ1v) is 5.40. The van der Waals surface area contributed by atoms with Crippen molar-refractivity contribution in [1.82, 2.24) is 20.4 Å². The van der Waals surface area contributed by atoms with Gasteiger partial charge < -0.3 is 20.8 Å². The highest BCUT2D eigenvalue weighted by atomic mass is 16.4. The van der Waals surface area contributed by atoms with E-state index in [9.17, 15) is 9.59 Å². The van der Waals surface area contributed by atoms with Crippen molar-refractivity contribution in [3.8, 4) is 0 Å². The molecule has 1 rings (SSSR count). The van der Waals surface area contributed by atoms with Gasteiger partial charge in [-0.05, 0) is 6.07 Å². The molecule has 0 aliphatic heterocycles. The summed E-state index contributed by atoms with van der Waals surface area (Å²) in [5.74, 6) is -1.30. The fraction of sp³-hybridized carbons (Fsp3) is 0.500.